The molecule has 0 aliphatic carbocycles. The molecule has 1 saturated heterocycles. The highest BCUT2D eigenvalue weighted by Crippen LogP contribution is 2.21. The maximum atomic E-state index is 11.8. The third-order valence-electron chi connectivity index (χ3n) is 2.74. The number of urea groups is 1. The molecule has 0 unspecified atom stereocenters. The van der Waals surface area contributed by atoms with Gasteiger partial charge in [0, 0.05) is 23.9 Å². The number of hydrogen-bond donors (Lipinski definition) is 1. The number of amides is 3. The minimum Gasteiger partial charge on any atom is -0.395 e. The molecule has 1 aromatic rings. The molecule has 0 atom stereocenters. The summed E-state index contributed by atoms with van der Waals surface area (Å²) in [4.78, 5) is 27.0. The molecule has 0 aromatic carbocycles. The molecule has 6 heteroatoms. The lowest BCUT2D eigenvalue weighted by Gasteiger charge is -2.13. The van der Waals surface area contributed by atoms with E-state index in [-0.39, 0.29) is 31.6 Å². The zero-order valence-electron chi connectivity index (χ0n) is 10.5. The van der Waals surface area contributed by atoms with Crippen LogP contribution in [-0.4, -0.2) is 47.0 Å². The van der Waals surface area contributed by atoms with Crippen LogP contribution in [0.4, 0.5) is 4.79 Å². The van der Waals surface area contributed by atoms with Gasteiger partial charge < -0.3 is 10.0 Å². The van der Waals surface area contributed by atoms with Crippen molar-refractivity contribution < 1.29 is 14.7 Å². The van der Waals surface area contributed by atoms with Crippen LogP contribution < -0.4 is 0 Å². The first-order chi connectivity index (χ1) is 9.13. The summed E-state index contributed by atoms with van der Waals surface area (Å²) in [6.45, 7) is 0.429. The van der Waals surface area contributed by atoms with E-state index in [9.17, 15) is 9.59 Å². The summed E-state index contributed by atoms with van der Waals surface area (Å²) in [5, 5.41) is 10.6. The first-order valence-corrected chi connectivity index (χ1v) is 6.73. The van der Waals surface area contributed by atoms with Crippen LogP contribution in [0.5, 0.6) is 0 Å². The summed E-state index contributed by atoms with van der Waals surface area (Å²) >= 11 is 1.47. The van der Waals surface area contributed by atoms with E-state index < -0.39 is 0 Å². The van der Waals surface area contributed by atoms with Crippen molar-refractivity contribution in [2.45, 2.75) is 13.0 Å². The van der Waals surface area contributed by atoms with Crippen molar-refractivity contribution in [3.05, 3.63) is 21.9 Å². The minimum absolute atomic E-state index is 0.0281. The van der Waals surface area contributed by atoms with Crippen molar-refractivity contribution in [2.75, 3.05) is 20.2 Å². The smallest absolute Gasteiger partial charge is 0.327 e. The average Bonchev–Trinajstić information content (AvgIpc) is 2.91. The van der Waals surface area contributed by atoms with Gasteiger partial charge in [0.25, 0.3) is 5.91 Å². The highest BCUT2D eigenvalue weighted by molar-refractivity contribution is 7.10. The topological polar surface area (TPSA) is 60.9 Å². The van der Waals surface area contributed by atoms with E-state index in [2.05, 4.69) is 11.8 Å². The molecule has 2 heterocycles. The number of rotatable bonds is 3. The van der Waals surface area contributed by atoms with Gasteiger partial charge in [-0.1, -0.05) is 11.8 Å². The first-order valence-electron chi connectivity index (χ1n) is 5.85. The van der Waals surface area contributed by atoms with E-state index in [1.807, 2.05) is 11.4 Å². The second-order valence-corrected chi connectivity index (χ2v) is 5.15. The maximum Gasteiger partial charge on any atom is 0.327 e. The van der Waals surface area contributed by atoms with Gasteiger partial charge in [-0.2, -0.15) is 0 Å². The fraction of sp³-hybridized carbons (Fsp3) is 0.385. The number of aliphatic hydroxyl groups excluding tert-OH is 1. The van der Waals surface area contributed by atoms with E-state index in [1.165, 1.54) is 21.1 Å². The summed E-state index contributed by atoms with van der Waals surface area (Å²) in [5.41, 5.74) is 0.814. The molecule has 0 bridgehead atoms. The van der Waals surface area contributed by atoms with E-state index in [0.29, 0.717) is 6.42 Å². The Kier molecular flexibility index (Phi) is 4.20. The Balaban J connectivity index is 2.12. The molecule has 1 aliphatic heterocycles. The van der Waals surface area contributed by atoms with Gasteiger partial charge in [0.05, 0.1) is 13.2 Å². The van der Waals surface area contributed by atoms with Crippen molar-refractivity contribution >= 4 is 23.3 Å². The molecular formula is C13H14N2O3S. The van der Waals surface area contributed by atoms with Crippen molar-refractivity contribution in [3.8, 4) is 11.8 Å². The number of carbonyl (C=O) groups is 2. The molecule has 1 N–H and O–H groups in total. The lowest BCUT2D eigenvalue weighted by Crippen LogP contribution is -2.30. The summed E-state index contributed by atoms with van der Waals surface area (Å²) in [6, 6.07) is 1.59. The van der Waals surface area contributed by atoms with E-state index in [0.717, 1.165) is 10.4 Å². The van der Waals surface area contributed by atoms with Crippen LogP contribution in [-0.2, 0) is 11.3 Å². The third kappa shape index (κ3) is 2.95. The monoisotopic (exact) mass is 278 g/mol. The Morgan fingerprint density at radius 1 is 1.47 bits per heavy atom. The standard InChI is InChI=1S/C13H14N2O3S/c1-14-9-12(17)15(13(14)18)8-11-10(5-7-19-11)4-2-3-6-16/h5,7,16H,3,6,8-9H2,1H3. The molecule has 0 spiro atoms. The Labute approximate surface area is 115 Å². The van der Waals surface area contributed by atoms with Crippen LogP contribution in [0.1, 0.15) is 16.9 Å². The number of imide groups is 1. The van der Waals surface area contributed by atoms with Gasteiger partial charge in [0.15, 0.2) is 0 Å². The highest BCUT2D eigenvalue weighted by atomic mass is 32.1. The van der Waals surface area contributed by atoms with E-state index in [4.69, 9.17) is 5.11 Å². The molecule has 0 saturated carbocycles. The number of hydrogen-bond acceptors (Lipinski definition) is 4. The molecule has 0 radical (unpaired) electrons. The zero-order chi connectivity index (χ0) is 13.8. The van der Waals surface area contributed by atoms with Crippen LogP contribution in [0.15, 0.2) is 11.4 Å². The summed E-state index contributed by atoms with van der Waals surface area (Å²) in [5.74, 6) is 5.60. The van der Waals surface area contributed by atoms with Crippen LogP contribution >= 0.6 is 11.3 Å². The van der Waals surface area contributed by atoms with Gasteiger partial charge in [-0.25, -0.2) is 4.79 Å². The molecule has 3 amide bonds. The van der Waals surface area contributed by atoms with Crippen molar-refractivity contribution in [3.63, 3.8) is 0 Å². The number of aliphatic hydroxyl groups is 1. The fourth-order valence-corrected chi connectivity index (χ4v) is 2.57. The van der Waals surface area contributed by atoms with Gasteiger partial charge in [0.1, 0.15) is 6.54 Å². The fourth-order valence-electron chi connectivity index (χ4n) is 1.76. The lowest BCUT2D eigenvalue weighted by molar-refractivity contribution is -0.125. The largest absolute Gasteiger partial charge is 0.395 e. The van der Waals surface area contributed by atoms with Crippen molar-refractivity contribution in [1.29, 1.82) is 0 Å². The molecule has 100 valence electrons. The Morgan fingerprint density at radius 3 is 2.89 bits per heavy atom. The molecule has 2 rings (SSSR count). The van der Waals surface area contributed by atoms with Crippen molar-refractivity contribution in [2.24, 2.45) is 0 Å². The lowest BCUT2D eigenvalue weighted by atomic mass is 10.2. The van der Waals surface area contributed by atoms with Gasteiger partial charge in [-0.3, -0.25) is 9.69 Å². The average molecular weight is 278 g/mol. The summed E-state index contributed by atoms with van der Waals surface area (Å²) < 4.78 is 0. The molecule has 1 fully saturated rings. The molecule has 1 aliphatic rings. The quantitative estimate of drug-likeness (QED) is 0.659. The normalized spacial score (nSPS) is 14.8. The Bertz CT molecular complexity index is 556. The highest BCUT2D eigenvalue weighted by Gasteiger charge is 2.33. The van der Waals surface area contributed by atoms with Crippen LogP contribution in [0.3, 0.4) is 0 Å². The van der Waals surface area contributed by atoms with Gasteiger partial charge in [-0.15, -0.1) is 11.3 Å². The number of thiophene rings is 1. The third-order valence-corrected chi connectivity index (χ3v) is 3.64. The predicted octanol–water partition coefficient (Wildman–Crippen LogP) is 0.876. The van der Waals surface area contributed by atoms with Gasteiger partial charge in [-0.05, 0) is 11.4 Å². The predicted molar refractivity (Wildman–Crippen MR) is 71.5 cm³/mol. The summed E-state index contributed by atoms with van der Waals surface area (Å²) in [6.07, 6.45) is 0.416. The van der Waals surface area contributed by atoms with Gasteiger partial charge in [0.2, 0.25) is 0 Å². The summed E-state index contributed by atoms with van der Waals surface area (Å²) in [7, 11) is 1.61. The Hall–Kier alpha value is -1.84. The minimum atomic E-state index is -0.271. The van der Waals surface area contributed by atoms with Crippen LogP contribution in [0.25, 0.3) is 0 Å². The SMILES string of the molecule is CN1CC(=O)N(Cc2sccc2C#CCCO)C1=O. The number of nitrogens with zero attached hydrogens (tertiary/aromatic N) is 2. The molecular weight excluding hydrogens is 264 g/mol. The molecule has 5 nitrogen and oxygen atoms in total. The Morgan fingerprint density at radius 2 is 2.26 bits per heavy atom. The maximum absolute atomic E-state index is 11.8. The zero-order valence-corrected chi connectivity index (χ0v) is 11.4. The number of likely N-dealkylation sites (N-methyl/N-ethyl adjacent to an activating group) is 1. The van der Waals surface area contributed by atoms with E-state index >= 15 is 0 Å². The van der Waals surface area contributed by atoms with E-state index in [1.54, 1.807) is 7.05 Å². The first kappa shape index (κ1) is 13.6. The molecule has 1 aromatic heterocycles. The second-order valence-electron chi connectivity index (χ2n) is 4.15. The molecule has 19 heavy (non-hydrogen) atoms. The van der Waals surface area contributed by atoms with Crippen LogP contribution in [0, 0.1) is 11.8 Å². The van der Waals surface area contributed by atoms with Crippen molar-refractivity contribution in [1.82, 2.24) is 9.80 Å². The second kappa shape index (κ2) is 5.87. The van der Waals surface area contributed by atoms with Crippen LogP contribution in [0.2, 0.25) is 0 Å². The number of carbonyl (C=O) groups excluding carboxylic acids is 2. The van der Waals surface area contributed by atoms with Gasteiger partial charge >= 0.3 is 6.03 Å².